The first-order chi connectivity index (χ1) is 7.70. The van der Waals surface area contributed by atoms with E-state index < -0.39 is 0 Å². The van der Waals surface area contributed by atoms with Crippen LogP contribution < -0.4 is 5.73 Å². The molecule has 0 saturated carbocycles. The quantitative estimate of drug-likeness (QED) is 0.581. The molecule has 0 aromatic heterocycles. The Balaban J connectivity index is 2.65. The van der Waals surface area contributed by atoms with Crippen molar-refractivity contribution in [1.82, 2.24) is 0 Å². The molecule has 0 fully saturated rings. The Morgan fingerprint density at radius 2 is 1.50 bits per heavy atom. The maximum atomic E-state index is 7.57. The summed E-state index contributed by atoms with van der Waals surface area (Å²) in [5.74, 6) is 0.110. The van der Waals surface area contributed by atoms with Crippen LogP contribution in [0.25, 0.3) is 11.1 Å². The second-order valence-corrected chi connectivity index (χ2v) is 3.77. The minimum absolute atomic E-state index is 0.110. The molecule has 0 saturated heterocycles. The summed E-state index contributed by atoms with van der Waals surface area (Å²) in [5, 5.41) is 7.57. The second-order valence-electron chi connectivity index (χ2n) is 3.77. The van der Waals surface area contributed by atoms with Gasteiger partial charge in [-0.3, -0.25) is 5.41 Å². The lowest BCUT2D eigenvalue weighted by molar-refractivity contribution is 1.40. The zero-order valence-electron chi connectivity index (χ0n) is 9.20. The lowest BCUT2D eigenvalue weighted by Crippen LogP contribution is -2.12. The largest absolute Gasteiger partial charge is 0.384 e. The summed E-state index contributed by atoms with van der Waals surface area (Å²) < 4.78 is 0. The molecule has 0 amide bonds. The van der Waals surface area contributed by atoms with E-state index in [4.69, 9.17) is 11.1 Å². The van der Waals surface area contributed by atoms with Gasteiger partial charge in [0.2, 0.25) is 0 Å². The Morgan fingerprint density at radius 3 is 2.12 bits per heavy atom. The van der Waals surface area contributed by atoms with E-state index in [0.29, 0.717) is 0 Å². The van der Waals surface area contributed by atoms with Crippen LogP contribution in [0.15, 0.2) is 48.5 Å². The number of rotatable bonds is 2. The molecule has 2 aromatic rings. The SMILES string of the molecule is Cc1ccccc1-c1ccccc1C(=N)N. The molecule has 0 radical (unpaired) electrons. The Morgan fingerprint density at radius 1 is 0.938 bits per heavy atom. The topological polar surface area (TPSA) is 49.9 Å². The van der Waals surface area contributed by atoms with Gasteiger partial charge in [0, 0.05) is 5.56 Å². The summed E-state index contributed by atoms with van der Waals surface area (Å²) in [6.45, 7) is 2.06. The predicted octanol–water partition coefficient (Wildman–Crippen LogP) is 2.95. The molecule has 0 aliphatic rings. The standard InChI is InChI=1S/C14H14N2/c1-10-6-2-3-7-11(10)12-8-4-5-9-13(12)14(15)16/h2-9H,1H3,(H3,15,16). The molecule has 0 heterocycles. The highest BCUT2D eigenvalue weighted by Crippen LogP contribution is 2.26. The normalized spacial score (nSPS) is 10.1. The Bertz CT molecular complexity index is 530. The van der Waals surface area contributed by atoms with Gasteiger partial charge in [0.05, 0.1) is 0 Å². The third-order valence-electron chi connectivity index (χ3n) is 2.65. The molecule has 2 nitrogen and oxygen atoms in total. The van der Waals surface area contributed by atoms with Crippen molar-refractivity contribution in [2.24, 2.45) is 5.73 Å². The minimum atomic E-state index is 0.110. The average Bonchev–Trinajstić information content (AvgIpc) is 2.29. The number of hydrogen-bond acceptors (Lipinski definition) is 1. The van der Waals surface area contributed by atoms with Crippen LogP contribution in [0.5, 0.6) is 0 Å². The summed E-state index contributed by atoms with van der Waals surface area (Å²) in [4.78, 5) is 0. The van der Waals surface area contributed by atoms with Crippen molar-refractivity contribution in [2.75, 3.05) is 0 Å². The van der Waals surface area contributed by atoms with Crippen LogP contribution in [0.1, 0.15) is 11.1 Å². The Kier molecular flexibility index (Phi) is 2.73. The van der Waals surface area contributed by atoms with Gasteiger partial charge in [-0.15, -0.1) is 0 Å². The molecule has 3 N–H and O–H groups in total. The molecule has 16 heavy (non-hydrogen) atoms. The molecule has 0 aliphatic carbocycles. The highest BCUT2D eigenvalue weighted by Gasteiger charge is 2.07. The van der Waals surface area contributed by atoms with Crippen LogP contribution in [0.2, 0.25) is 0 Å². The van der Waals surface area contributed by atoms with Gasteiger partial charge in [0.1, 0.15) is 5.84 Å². The summed E-state index contributed by atoms with van der Waals surface area (Å²) in [6, 6.07) is 15.9. The lowest BCUT2D eigenvalue weighted by Gasteiger charge is -2.10. The van der Waals surface area contributed by atoms with Crippen molar-refractivity contribution < 1.29 is 0 Å². The first-order valence-corrected chi connectivity index (χ1v) is 5.19. The number of nitrogens with one attached hydrogen (secondary N) is 1. The zero-order chi connectivity index (χ0) is 11.5. The zero-order valence-corrected chi connectivity index (χ0v) is 9.20. The van der Waals surface area contributed by atoms with Gasteiger partial charge < -0.3 is 5.73 Å². The average molecular weight is 210 g/mol. The number of benzene rings is 2. The summed E-state index contributed by atoms with van der Waals surface area (Å²) in [6.07, 6.45) is 0. The summed E-state index contributed by atoms with van der Waals surface area (Å²) >= 11 is 0. The molecule has 80 valence electrons. The number of hydrogen-bond donors (Lipinski definition) is 2. The van der Waals surface area contributed by atoms with Crippen LogP contribution in [0.3, 0.4) is 0 Å². The van der Waals surface area contributed by atoms with Crippen molar-refractivity contribution in [3.8, 4) is 11.1 Å². The molecule has 2 rings (SSSR count). The molecule has 0 atom stereocenters. The smallest absolute Gasteiger partial charge is 0.123 e. The summed E-state index contributed by atoms with van der Waals surface area (Å²) in [7, 11) is 0. The molecule has 2 heteroatoms. The highest BCUT2D eigenvalue weighted by atomic mass is 14.7. The van der Waals surface area contributed by atoms with Crippen molar-refractivity contribution in [3.63, 3.8) is 0 Å². The fourth-order valence-electron chi connectivity index (χ4n) is 1.83. The van der Waals surface area contributed by atoms with E-state index in [1.54, 1.807) is 0 Å². The maximum absolute atomic E-state index is 7.57. The summed E-state index contributed by atoms with van der Waals surface area (Å²) in [5.41, 5.74) is 9.72. The van der Waals surface area contributed by atoms with E-state index in [-0.39, 0.29) is 5.84 Å². The number of nitrogens with two attached hydrogens (primary N) is 1. The van der Waals surface area contributed by atoms with Crippen molar-refractivity contribution >= 4 is 5.84 Å². The van der Waals surface area contributed by atoms with Gasteiger partial charge in [-0.1, -0.05) is 48.5 Å². The van der Waals surface area contributed by atoms with Gasteiger partial charge in [0.15, 0.2) is 0 Å². The van der Waals surface area contributed by atoms with Crippen molar-refractivity contribution in [2.45, 2.75) is 6.92 Å². The molecule has 0 aliphatic heterocycles. The van der Waals surface area contributed by atoms with Crippen LogP contribution in [-0.2, 0) is 0 Å². The molecule has 2 aromatic carbocycles. The van der Waals surface area contributed by atoms with Gasteiger partial charge in [-0.25, -0.2) is 0 Å². The van der Waals surface area contributed by atoms with Gasteiger partial charge >= 0.3 is 0 Å². The fourth-order valence-corrected chi connectivity index (χ4v) is 1.83. The molecule has 0 spiro atoms. The first kappa shape index (κ1) is 10.4. The van der Waals surface area contributed by atoms with Crippen LogP contribution >= 0.6 is 0 Å². The van der Waals surface area contributed by atoms with E-state index in [1.807, 2.05) is 36.4 Å². The number of amidine groups is 1. The van der Waals surface area contributed by atoms with Gasteiger partial charge in [0.25, 0.3) is 0 Å². The van der Waals surface area contributed by atoms with E-state index >= 15 is 0 Å². The Labute approximate surface area is 95.2 Å². The van der Waals surface area contributed by atoms with Gasteiger partial charge in [-0.2, -0.15) is 0 Å². The minimum Gasteiger partial charge on any atom is -0.384 e. The van der Waals surface area contributed by atoms with Crippen LogP contribution in [0, 0.1) is 12.3 Å². The van der Waals surface area contributed by atoms with Crippen molar-refractivity contribution in [1.29, 1.82) is 5.41 Å². The molecule has 0 bridgehead atoms. The predicted molar refractivity (Wildman–Crippen MR) is 67.6 cm³/mol. The van der Waals surface area contributed by atoms with Gasteiger partial charge in [-0.05, 0) is 23.6 Å². The highest BCUT2D eigenvalue weighted by molar-refractivity contribution is 6.01. The third-order valence-corrected chi connectivity index (χ3v) is 2.65. The maximum Gasteiger partial charge on any atom is 0.123 e. The molecular weight excluding hydrogens is 196 g/mol. The van der Waals surface area contributed by atoms with E-state index in [0.717, 1.165) is 16.7 Å². The molecular formula is C14H14N2. The third kappa shape index (κ3) is 1.82. The van der Waals surface area contributed by atoms with E-state index in [2.05, 4.69) is 19.1 Å². The fraction of sp³-hybridized carbons (Fsp3) is 0.0714. The van der Waals surface area contributed by atoms with E-state index in [9.17, 15) is 0 Å². The monoisotopic (exact) mass is 210 g/mol. The molecule has 0 unspecified atom stereocenters. The van der Waals surface area contributed by atoms with Crippen LogP contribution in [-0.4, -0.2) is 5.84 Å². The second kappa shape index (κ2) is 4.19. The van der Waals surface area contributed by atoms with Crippen LogP contribution in [0.4, 0.5) is 0 Å². The first-order valence-electron chi connectivity index (χ1n) is 5.19. The van der Waals surface area contributed by atoms with E-state index in [1.165, 1.54) is 5.56 Å². The van der Waals surface area contributed by atoms with Crippen molar-refractivity contribution in [3.05, 3.63) is 59.7 Å². The lowest BCUT2D eigenvalue weighted by atomic mass is 9.96. The number of nitrogen functional groups attached to an aromatic ring is 1. The number of aryl methyl sites for hydroxylation is 1. The Hall–Kier alpha value is -2.09.